The average Bonchev–Trinajstić information content (AvgIpc) is 2.13. The molecule has 9 heteroatoms. The van der Waals surface area contributed by atoms with Gasteiger partial charge in [0.05, 0.1) is 11.1 Å². The summed E-state index contributed by atoms with van der Waals surface area (Å²) in [4.78, 5) is 2.69. The Kier molecular flexibility index (Phi) is 3.30. The van der Waals surface area contributed by atoms with Crippen molar-refractivity contribution in [1.82, 2.24) is 4.98 Å². The largest absolute Gasteiger partial charge is 0.418 e. The van der Waals surface area contributed by atoms with Gasteiger partial charge in [-0.15, -0.1) is 0 Å². The Labute approximate surface area is 89.1 Å². The van der Waals surface area contributed by atoms with Crippen molar-refractivity contribution in [2.75, 3.05) is 0 Å². The fourth-order valence-corrected chi connectivity index (χ4v) is 1.16. The van der Waals surface area contributed by atoms with Gasteiger partial charge in [-0.25, -0.2) is 8.78 Å². The topological polar surface area (TPSA) is 12.9 Å². The third kappa shape index (κ3) is 2.83. The van der Waals surface area contributed by atoms with Crippen LogP contribution >= 0.6 is 0 Å². The molecule has 0 fully saturated rings. The van der Waals surface area contributed by atoms with E-state index >= 15 is 0 Å². The molecular weight excluding hydrogens is 262 g/mol. The van der Waals surface area contributed by atoms with Crippen LogP contribution in [0.25, 0.3) is 0 Å². The van der Waals surface area contributed by atoms with Crippen LogP contribution in [0, 0.1) is 0 Å². The summed E-state index contributed by atoms with van der Waals surface area (Å²) in [6.45, 7) is 0. The van der Waals surface area contributed by atoms with Crippen LogP contribution in [0.5, 0.6) is 0 Å². The average molecular weight is 265 g/mol. The van der Waals surface area contributed by atoms with Crippen LogP contribution in [0.4, 0.5) is 35.1 Å². The molecular formula is C8H3F8N. The molecule has 0 unspecified atom stereocenters. The molecule has 1 heterocycles. The summed E-state index contributed by atoms with van der Waals surface area (Å²) in [5.41, 5.74) is -6.26. The third-order valence-electron chi connectivity index (χ3n) is 1.82. The van der Waals surface area contributed by atoms with Crippen molar-refractivity contribution in [3.8, 4) is 0 Å². The molecule has 0 atom stereocenters. The monoisotopic (exact) mass is 265 g/mol. The lowest BCUT2D eigenvalue weighted by atomic mass is 10.0. The van der Waals surface area contributed by atoms with E-state index in [-0.39, 0.29) is 12.4 Å². The molecule has 1 nitrogen and oxygen atoms in total. The predicted molar refractivity (Wildman–Crippen MR) is 39.2 cm³/mol. The van der Waals surface area contributed by atoms with E-state index in [1.54, 1.807) is 0 Å². The summed E-state index contributed by atoms with van der Waals surface area (Å²) < 4.78 is 98.1. The molecule has 1 aromatic rings. The van der Waals surface area contributed by atoms with E-state index in [0.717, 1.165) is 0 Å². The van der Waals surface area contributed by atoms with Gasteiger partial charge in [0, 0.05) is 18.0 Å². The molecule has 0 aliphatic heterocycles. The number of aromatic nitrogens is 1. The maximum absolute atomic E-state index is 12.3. The Bertz CT molecular complexity index is 373. The molecule has 0 aliphatic carbocycles. The number of hydrogen-bond acceptors (Lipinski definition) is 1. The minimum absolute atomic E-state index is 0.0588. The molecule has 96 valence electrons. The molecule has 0 radical (unpaired) electrons. The van der Waals surface area contributed by atoms with Crippen molar-refractivity contribution in [2.24, 2.45) is 0 Å². The fourth-order valence-electron chi connectivity index (χ4n) is 1.16. The van der Waals surface area contributed by atoms with Crippen LogP contribution < -0.4 is 0 Å². The first kappa shape index (κ1) is 13.7. The summed E-state index contributed by atoms with van der Waals surface area (Å²) in [6, 6.07) is 0. The van der Waals surface area contributed by atoms with Crippen LogP contribution in [0.1, 0.15) is 23.1 Å². The summed E-state index contributed by atoms with van der Waals surface area (Å²) in [6.07, 6.45) is -14.7. The Hall–Kier alpha value is -1.41. The van der Waals surface area contributed by atoms with Crippen LogP contribution in [-0.4, -0.2) is 4.98 Å². The predicted octanol–water partition coefficient (Wildman–Crippen LogP) is 4.06. The van der Waals surface area contributed by atoms with Gasteiger partial charge in [-0.1, -0.05) is 0 Å². The first-order chi connectivity index (χ1) is 7.55. The van der Waals surface area contributed by atoms with E-state index in [4.69, 9.17) is 0 Å². The number of pyridine rings is 1. The Morgan fingerprint density at radius 3 is 1.41 bits per heavy atom. The summed E-state index contributed by atoms with van der Waals surface area (Å²) >= 11 is 0. The summed E-state index contributed by atoms with van der Waals surface area (Å²) in [7, 11) is 0. The van der Waals surface area contributed by atoms with Crippen molar-refractivity contribution in [1.29, 1.82) is 0 Å². The second kappa shape index (κ2) is 4.11. The molecule has 0 amide bonds. The van der Waals surface area contributed by atoms with Crippen molar-refractivity contribution in [2.45, 2.75) is 18.8 Å². The standard InChI is InChI=1S/C8H3F8N/c9-6(10)5-3(7(11,12)13)1-17-2-4(5)8(14,15)16/h1-2,6H. The molecule has 1 rings (SSSR count). The first-order valence-corrected chi connectivity index (χ1v) is 3.95. The second-order valence-corrected chi connectivity index (χ2v) is 2.94. The lowest BCUT2D eigenvalue weighted by Crippen LogP contribution is -2.17. The molecule has 0 N–H and O–H groups in total. The number of nitrogens with zero attached hydrogens (tertiary/aromatic N) is 1. The number of alkyl halides is 8. The highest BCUT2D eigenvalue weighted by atomic mass is 19.4. The molecule has 0 spiro atoms. The molecule has 1 aromatic heterocycles. The quantitative estimate of drug-likeness (QED) is 0.698. The van der Waals surface area contributed by atoms with E-state index in [1.165, 1.54) is 0 Å². The SMILES string of the molecule is FC(F)c1c(C(F)(F)F)cncc1C(F)(F)F. The van der Waals surface area contributed by atoms with Crippen LogP contribution in [-0.2, 0) is 12.4 Å². The second-order valence-electron chi connectivity index (χ2n) is 2.94. The van der Waals surface area contributed by atoms with Gasteiger partial charge in [-0.2, -0.15) is 26.3 Å². The fraction of sp³-hybridized carbons (Fsp3) is 0.375. The molecule has 0 saturated carbocycles. The van der Waals surface area contributed by atoms with Gasteiger partial charge in [-0.05, 0) is 0 Å². The normalized spacial score (nSPS) is 13.2. The Morgan fingerprint density at radius 1 is 0.824 bits per heavy atom. The molecule has 0 saturated heterocycles. The molecule has 0 bridgehead atoms. The molecule has 0 aromatic carbocycles. The molecule has 17 heavy (non-hydrogen) atoms. The summed E-state index contributed by atoms with van der Waals surface area (Å²) in [5.74, 6) is 0. The van der Waals surface area contributed by atoms with Crippen molar-refractivity contribution in [3.05, 3.63) is 29.1 Å². The van der Waals surface area contributed by atoms with Gasteiger partial charge in [0.1, 0.15) is 0 Å². The highest BCUT2D eigenvalue weighted by Crippen LogP contribution is 2.42. The van der Waals surface area contributed by atoms with E-state index < -0.39 is 35.5 Å². The van der Waals surface area contributed by atoms with E-state index in [2.05, 4.69) is 4.98 Å². The first-order valence-electron chi connectivity index (χ1n) is 3.95. The number of halogens is 8. The smallest absolute Gasteiger partial charge is 0.263 e. The van der Waals surface area contributed by atoms with Crippen molar-refractivity contribution >= 4 is 0 Å². The lowest BCUT2D eigenvalue weighted by molar-refractivity contribution is -0.147. The van der Waals surface area contributed by atoms with Gasteiger partial charge in [0.15, 0.2) is 0 Å². The maximum Gasteiger partial charge on any atom is 0.418 e. The number of rotatable bonds is 1. The third-order valence-corrected chi connectivity index (χ3v) is 1.82. The summed E-state index contributed by atoms with van der Waals surface area (Å²) in [5, 5.41) is 0. The van der Waals surface area contributed by atoms with Crippen molar-refractivity contribution < 1.29 is 35.1 Å². The number of hydrogen-bond donors (Lipinski definition) is 0. The van der Waals surface area contributed by atoms with E-state index in [0.29, 0.717) is 0 Å². The van der Waals surface area contributed by atoms with Crippen molar-refractivity contribution in [3.63, 3.8) is 0 Å². The highest BCUT2D eigenvalue weighted by molar-refractivity contribution is 5.36. The van der Waals surface area contributed by atoms with Gasteiger partial charge >= 0.3 is 12.4 Å². The zero-order valence-corrected chi connectivity index (χ0v) is 7.70. The van der Waals surface area contributed by atoms with Crippen LogP contribution in [0.3, 0.4) is 0 Å². The van der Waals surface area contributed by atoms with E-state index in [9.17, 15) is 35.1 Å². The van der Waals surface area contributed by atoms with Gasteiger partial charge in [0.2, 0.25) is 0 Å². The van der Waals surface area contributed by atoms with Crippen LogP contribution in [0.15, 0.2) is 12.4 Å². The zero-order valence-electron chi connectivity index (χ0n) is 7.70. The maximum atomic E-state index is 12.3. The Morgan fingerprint density at radius 2 is 1.18 bits per heavy atom. The van der Waals surface area contributed by atoms with Gasteiger partial charge < -0.3 is 0 Å². The lowest BCUT2D eigenvalue weighted by Gasteiger charge is -2.17. The molecule has 0 aliphatic rings. The van der Waals surface area contributed by atoms with Gasteiger partial charge in [0.25, 0.3) is 6.43 Å². The minimum Gasteiger partial charge on any atom is -0.263 e. The van der Waals surface area contributed by atoms with E-state index in [1.807, 2.05) is 0 Å². The van der Waals surface area contributed by atoms with Crippen LogP contribution in [0.2, 0.25) is 0 Å². The minimum atomic E-state index is -5.32. The Balaban J connectivity index is 3.55. The zero-order chi connectivity index (χ0) is 13.4. The van der Waals surface area contributed by atoms with Gasteiger partial charge in [-0.3, -0.25) is 4.98 Å². The highest BCUT2D eigenvalue weighted by Gasteiger charge is 2.43.